The fourth-order valence-corrected chi connectivity index (χ4v) is 11.4. The van der Waals surface area contributed by atoms with E-state index in [0.29, 0.717) is 67.4 Å². The number of hydrogen-bond donors (Lipinski definition) is 2. The van der Waals surface area contributed by atoms with Crippen LogP contribution in [0, 0.1) is 26.7 Å². The third-order valence-corrected chi connectivity index (χ3v) is 14.7. The zero-order valence-corrected chi connectivity index (χ0v) is 33.6. The van der Waals surface area contributed by atoms with E-state index in [0.717, 1.165) is 12.0 Å². The minimum atomic E-state index is -3.87. The summed E-state index contributed by atoms with van der Waals surface area (Å²) in [6.45, 7) is 11.3. The maximum Gasteiger partial charge on any atom is 0.335 e. The number of piperazine rings is 1. The SMILES string of the molecule is C=C(C(=O)OCCCC)C(NC(=O)[C@@H]1CC[C@H]2CN(S(=O)(=O)Cc3ccccc3)CC(=O)N21)C1CCC(NS(=O)(=O)c2c(C)cc(OC)c(C)c2C)CC1. The summed E-state index contributed by atoms with van der Waals surface area (Å²) in [5, 5.41) is 3.03. The van der Waals surface area contributed by atoms with Crippen molar-refractivity contribution in [3.8, 4) is 5.75 Å². The van der Waals surface area contributed by atoms with E-state index in [9.17, 15) is 31.2 Å². The Hall–Kier alpha value is -3.79. The number of methoxy groups -OCH3 is 1. The number of nitrogens with zero attached hydrogens (tertiary/aromatic N) is 2. The molecule has 1 unspecified atom stereocenters. The second-order valence-corrected chi connectivity index (χ2v) is 18.4. The van der Waals surface area contributed by atoms with Crippen LogP contribution in [0.25, 0.3) is 0 Å². The smallest absolute Gasteiger partial charge is 0.335 e. The van der Waals surface area contributed by atoms with Crippen LogP contribution < -0.4 is 14.8 Å². The quantitative estimate of drug-likeness (QED) is 0.154. The molecule has 13 nitrogen and oxygen atoms in total. The molecular formula is C39H54N4O9S2. The van der Waals surface area contributed by atoms with E-state index < -0.39 is 56.0 Å². The summed E-state index contributed by atoms with van der Waals surface area (Å²) in [5.74, 6) is -1.35. The third kappa shape index (κ3) is 9.18. The van der Waals surface area contributed by atoms with Gasteiger partial charge in [0.1, 0.15) is 11.8 Å². The topological polar surface area (TPSA) is 168 Å². The predicted octanol–water partition coefficient (Wildman–Crippen LogP) is 4.05. The van der Waals surface area contributed by atoms with E-state index in [1.165, 1.54) is 9.21 Å². The molecule has 2 N–H and O–H groups in total. The number of ether oxygens (including phenoxy) is 2. The van der Waals surface area contributed by atoms with Crippen LogP contribution in [0.5, 0.6) is 5.75 Å². The molecule has 54 heavy (non-hydrogen) atoms. The number of sulfonamides is 2. The number of carbonyl (C=O) groups excluding carboxylic acids is 3. The number of benzene rings is 2. The molecule has 0 radical (unpaired) electrons. The number of unbranched alkanes of at least 4 members (excludes halogenated alkanes) is 1. The molecule has 5 rings (SSSR count). The van der Waals surface area contributed by atoms with Crippen molar-refractivity contribution in [3.05, 3.63) is 70.8 Å². The molecular weight excluding hydrogens is 733 g/mol. The second kappa shape index (κ2) is 17.3. The number of carbonyl (C=O) groups is 3. The lowest BCUT2D eigenvalue weighted by molar-refractivity contribution is -0.144. The van der Waals surface area contributed by atoms with Gasteiger partial charge in [-0.1, -0.05) is 50.3 Å². The lowest BCUT2D eigenvalue weighted by Gasteiger charge is -2.39. The number of nitrogens with one attached hydrogen (secondary N) is 2. The van der Waals surface area contributed by atoms with Gasteiger partial charge in [0, 0.05) is 18.6 Å². The second-order valence-electron chi connectivity index (χ2n) is 14.8. The van der Waals surface area contributed by atoms with Crippen LogP contribution in [0.15, 0.2) is 53.4 Å². The highest BCUT2D eigenvalue weighted by Gasteiger charge is 2.48. The highest BCUT2D eigenvalue weighted by atomic mass is 32.2. The number of amides is 2. The van der Waals surface area contributed by atoms with Crippen molar-refractivity contribution in [1.29, 1.82) is 0 Å². The molecule has 2 aromatic carbocycles. The maximum atomic E-state index is 14.0. The van der Waals surface area contributed by atoms with Crippen molar-refractivity contribution >= 4 is 37.8 Å². The molecule has 0 bridgehead atoms. The molecule has 15 heteroatoms. The van der Waals surface area contributed by atoms with Gasteiger partial charge in [0.25, 0.3) is 0 Å². The van der Waals surface area contributed by atoms with E-state index in [4.69, 9.17) is 9.47 Å². The monoisotopic (exact) mass is 786 g/mol. The molecule has 3 fully saturated rings. The predicted molar refractivity (Wildman–Crippen MR) is 205 cm³/mol. The molecule has 3 atom stereocenters. The molecule has 2 aromatic rings. The Morgan fingerprint density at radius 2 is 1.67 bits per heavy atom. The lowest BCUT2D eigenvalue weighted by Crippen LogP contribution is -2.60. The molecule has 2 amide bonds. The number of fused-ring (bicyclic) bond motifs is 1. The van der Waals surface area contributed by atoms with E-state index in [-0.39, 0.29) is 47.9 Å². The van der Waals surface area contributed by atoms with Gasteiger partial charge in [-0.25, -0.2) is 26.4 Å². The normalized spacial score (nSPS) is 22.7. The van der Waals surface area contributed by atoms with Crippen molar-refractivity contribution in [2.24, 2.45) is 5.92 Å². The molecule has 2 aliphatic heterocycles. The van der Waals surface area contributed by atoms with Gasteiger partial charge in [0.2, 0.25) is 31.9 Å². The van der Waals surface area contributed by atoms with Gasteiger partial charge in [0.05, 0.1) is 42.5 Å². The summed E-state index contributed by atoms with van der Waals surface area (Å²) in [6.07, 6.45) is 4.19. The number of hydrogen-bond acceptors (Lipinski definition) is 9. The highest BCUT2D eigenvalue weighted by Crippen LogP contribution is 2.35. The minimum Gasteiger partial charge on any atom is -0.496 e. The van der Waals surface area contributed by atoms with Gasteiger partial charge in [-0.05, 0) is 100.0 Å². The van der Waals surface area contributed by atoms with Crippen LogP contribution in [0.2, 0.25) is 0 Å². The van der Waals surface area contributed by atoms with Crippen LogP contribution in [-0.4, -0.2) is 94.8 Å². The van der Waals surface area contributed by atoms with Crippen molar-refractivity contribution in [3.63, 3.8) is 0 Å². The van der Waals surface area contributed by atoms with Crippen LogP contribution in [-0.2, 0) is 44.9 Å². The van der Waals surface area contributed by atoms with Gasteiger partial charge in [-0.3, -0.25) is 9.59 Å². The average molecular weight is 787 g/mol. The molecule has 0 aromatic heterocycles. The summed E-state index contributed by atoms with van der Waals surface area (Å²) in [4.78, 5) is 42.5. The summed E-state index contributed by atoms with van der Waals surface area (Å²) in [7, 11) is -6.10. The Kier molecular flexibility index (Phi) is 13.3. The Morgan fingerprint density at radius 1 is 0.981 bits per heavy atom. The molecule has 2 saturated heterocycles. The first-order chi connectivity index (χ1) is 25.6. The van der Waals surface area contributed by atoms with Crippen molar-refractivity contribution in [2.75, 3.05) is 26.8 Å². The largest absolute Gasteiger partial charge is 0.496 e. The van der Waals surface area contributed by atoms with Gasteiger partial charge in [-0.2, -0.15) is 4.31 Å². The summed E-state index contributed by atoms with van der Waals surface area (Å²) < 4.78 is 68.9. The van der Waals surface area contributed by atoms with Gasteiger partial charge >= 0.3 is 5.97 Å². The minimum absolute atomic E-state index is 0.0969. The third-order valence-electron chi connectivity index (χ3n) is 11.1. The van der Waals surface area contributed by atoms with E-state index in [1.54, 1.807) is 57.4 Å². The van der Waals surface area contributed by atoms with Crippen LogP contribution in [0.4, 0.5) is 0 Å². The Balaban J connectivity index is 1.27. The molecule has 2 heterocycles. The van der Waals surface area contributed by atoms with Gasteiger partial charge in [0.15, 0.2) is 0 Å². The number of rotatable bonds is 15. The Morgan fingerprint density at radius 3 is 2.31 bits per heavy atom. The zero-order chi connectivity index (χ0) is 39.4. The highest BCUT2D eigenvalue weighted by molar-refractivity contribution is 7.89. The summed E-state index contributed by atoms with van der Waals surface area (Å²) in [5.41, 5.74) is 2.68. The first-order valence-electron chi connectivity index (χ1n) is 18.7. The molecule has 1 saturated carbocycles. The molecule has 0 spiro atoms. The standard InChI is InChI=1S/C39H54N4O9S2/c1-7-8-20-52-39(46)28(5)36(30-14-16-31(17-15-30)41-54(49,50)37-25(2)21-34(51-6)26(3)27(37)4)40-38(45)33-19-18-32-22-42(23-35(44)43(32)33)53(47,48)24-29-12-10-9-11-13-29/h9-13,21,30-33,36,41H,5,7-8,14-20,22-24H2,1-4,6H3,(H,40,45)/t30?,31?,32-,33-,36?/m0/s1. The van der Waals surface area contributed by atoms with Crippen LogP contribution in [0.3, 0.4) is 0 Å². The first-order valence-corrected chi connectivity index (χ1v) is 21.8. The zero-order valence-electron chi connectivity index (χ0n) is 31.9. The van der Waals surface area contributed by atoms with E-state index in [2.05, 4.69) is 16.6 Å². The summed E-state index contributed by atoms with van der Waals surface area (Å²) >= 11 is 0. The first kappa shape index (κ1) is 41.4. The Labute approximate surface area is 319 Å². The van der Waals surface area contributed by atoms with Crippen molar-refractivity contribution < 1.29 is 40.7 Å². The van der Waals surface area contributed by atoms with Gasteiger partial charge in [-0.15, -0.1) is 0 Å². The molecule has 1 aliphatic carbocycles. The molecule has 3 aliphatic rings. The fourth-order valence-electron chi connectivity index (χ4n) is 8.08. The van der Waals surface area contributed by atoms with Gasteiger partial charge < -0.3 is 19.7 Å². The maximum absolute atomic E-state index is 14.0. The van der Waals surface area contributed by atoms with E-state index >= 15 is 0 Å². The Bertz CT molecular complexity index is 1940. The van der Waals surface area contributed by atoms with Crippen molar-refractivity contribution in [2.45, 2.75) is 114 Å². The summed E-state index contributed by atoms with van der Waals surface area (Å²) in [6, 6.07) is 8.04. The fraction of sp³-hybridized carbons (Fsp3) is 0.564. The average Bonchev–Trinajstić information content (AvgIpc) is 3.57. The number of aryl methyl sites for hydroxylation is 1. The van der Waals surface area contributed by atoms with E-state index in [1.807, 2.05) is 13.8 Å². The van der Waals surface area contributed by atoms with Crippen LogP contribution >= 0.6 is 0 Å². The van der Waals surface area contributed by atoms with Crippen molar-refractivity contribution in [1.82, 2.24) is 19.2 Å². The molecule has 296 valence electrons. The number of esters is 1. The lowest BCUT2D eigenvalue weighted by atomic mass is 9.79. The van der Waals surface area contributed by atoms with Crippen LogP contribution in [0.1, 0.15) is 80.5 Å².